The number of rotatable bonds is 2. The van der Waals surface area contributed by atoms with E-state index < -0.39 is 0 Å². The molecule has 0 radical (unpaired) electrons. The Morgan fingerprint density at radius 2 is 1.04 bits per heavy atom. The standard InChI is InChI=1S/C25H21I/c1-18-4-10-21(11-5-18)12-17-24(22-13-6-19(2)7-14-22)25(26)23-15-8-20(3)9-16-23/h4-11,13-16H,1-3H3/b25-24+. The van der Waals surface area contributed by atoms with Crippen molar-refractivity contribution in [3.05, 3.63) is 106 Å². The van der Waals surface area contributed by atoms with Crippen molar-refractivity contribution in [1.82, 2.24) is 0 Å². The van der Waals surface area contributed by atoms with Gasteiger partial charge in [0.05, 0.1) is 0 Å². The molecule has 0 nitrogen and oxygen atoms in total. The zero-order valence-corrected chi connectivity index (χ0v) is 17.5. The summed E-state index contributed by atoms with van der Waals surface area (Å²) >= 11 is 2.42. The lowest BCUT2D eigenvalue weighted by Crippen LogP contribution is -1.88. The Morgan fingerprint density at radius 1 is 0.615 bits per heavy atom. The summed E-state index contributed by atoms with van der Waals surface area (Å²) in [6.07, 6.45) is 0. The van der Waals surface area contributed by atoms with Gasteiger partial charge in [-0.05, 0) is 66.6 Å². The molecule has 0 saturated heterocycles. The van der Waals surface area contributed by atoms with Crippen molar-refractivity contribution in [2.75, 3.05) is 0 Å². The highest BCUT2D eigenvalue weighted by molar-refractivity contribution is 14.1. The van der Waals surface area contributed by atoms with E-state index in [-0.39, 0.29) is 0 Å². The van der Waals surface area contributed by atoms with Crippen LogP contribution in [0.15, 0.2) is 72.8 Å². The summed E-state index contributed by atoms with van der Waals surface area (Å²) < 4.78 is 1.17. The molecule has 0 spiro atoms. The number of halogens is 1. The molecule has 0 heterocycles. The van der Waals surface area contributed by atoms with Crippen molar-refractivity contribution in [3.63, 3.8) is 0 Å². The molecule has 0 bridgehead atoms. The third-order valence-corrected chi connectivity index (χ3v) is 5.41. The van der Waals surface area contributed by atoms with Gasteiger partial charge >= 0.3 is 0 Å². The molecule has 3 aromatic rings. The maximum Gasteiger partial charge on any atom is 0.0461 e. The van der Waals surface area contributed by atoms with Crippen LogP contribution in [0.1, 0.15) is 33.4 Å². The first-order chi connectivity index (χ1) is 12.5. The third kappa shape index (κ3) is 4.65. The fourth-order valence-electron chi connectivity index (χ4n) is 2.59. The van der Waals surface area contributed by atoms with Crippen LogP contribution in [0.4, 0.5) is 0 Å². The van der Waals surface area contributed by atoms with Crippen LogP contribution >= 0.6 is 22.6 Å². The van der Waals surface area contributed by atoms with E-state index in [1.807, 2.05) is 0 Å². The third-order valence-electron chi connectivity index (χ3n) is 4.25. The van der Waals surface area contributed by atoms with E-state index in [2.05, 4.69) is 128 Å². The number of hydrogen-bond acceptors (Lipinski definition) is 0. The molecule has 0 aromatic heterocycles. The molecule has 26 heavy (non-hydrogen) atoms. The van der Waals surface area contributed by atoms with Crippen LogP contribution in [0.2, 0.25) is 0 Å². The van der Waals surface area contributed by atoms with E-state index in [4.69, 9.17) is 0 Å². The number of aryl methyl sites for hydroxylation is 3. The lowest BCUT2D eigenvalue weighted by atomic mass is 10.0. The topological polar surface area (TPSA) is 0 Å². The molecular formula is C25H21I. The predicted molar refractivity (Wildman–Crippen MR) is 121 cm³/mol. The van der Waals surface area contributed by atoms with Gasteiger partial charge < -0.3 is 0 Å². The van der Waals surface area contributed by atoms with Gasteiger partial charge in [-0.3, -0.25) is 0 Å². The first-order valence-corrected chi connectivity index (χ1v) is 9.73. The maximum absolute atomic E-state index is 3.43. The lowest BCUT2D eigenvalue weighted by molar-refractivity contribution is 1.45. The first-order valence-electron chi connectivity index (χ1n) is 8.65. The molecule has 3 aromatic carbocycles. The molecule has 128 valence electrons. The number of benzene rings is 3. The molecular weight excluding hydrogens is 427 g/mol. The van der Waals surface area contributed by atoms with Crippen molar-refractivity contribution >= 4 is 31.7 Å². The predicted octanol–water partition coefficient (Wildman–Crippen LogP) is 6.97. The van der Waals surface area contributed by atoms with E-state index in [1.165, 1.54) is 25.8 Å². The Labute approximate surface area is 170 Å². The van der Waals surface area contributed by atoms with Crippen molar-refractivity contribution in [2.45, 2.75) is 20.8 Å². The molecule has 0 N–H and O–H groups in total. The van der Waals surface area contributed by atoms with Gasteiger partial charge in [0.2, 0.25) is 0 Å². The highest BCUT2D eigenvalue weighted by Crippen LogP contribution is 2.32. The second-order valence-electron chi connectivity index (χ2n) is 6.54. The summed E-state index contributed by atoms with van der Waals surface area (Å²) in [5, 5.41) is 0. The summed E-state index contributed by atoms with van der Waals surface area (Å²) in [6, 6.07) is 25.6. The summed E-state index contributed by atoms with van der Waals surface area (Å²) in [7, 11) is 0. The second kappa shape index (κ2) is 8.38. The summed E-state index contributed by atoms with van der Waals surface area (Å²) in [6.45, 7) is 6.31. The Balaban J connectivity index is 2.10. The van der Waals surface area contributed by atoms with Crippen molar-refractivity contribution in [1.29, 1.82) is 0 Å². The van der Waals surface area contributed by atoms with Crippen molar-refractivity contribution in [2.24, 2.45) is 0 Å². The van der Waals surface area contributed by atoms with Gasteiger partial charge in [-0.2, -0.15) is 0 Å². The fourth-order valence-corrected chi connectivity index (χ4v) is 3.40. The minimum Gasteiger partial charge on any atom is -0.0616 e. The van der Waals surface area contributed by atoms with Crippen LogP contribution in [0.5, 0.6) is 0 Å². The quantitative estimate of drug-likeness (QED) is 0.226. The van der Waals surface area contributed by atoms with Crippen LogP contribution in [-0.2, 0) is 0 Å². The molecule has 0 aliphatic carbocycles. The lowest BCUT2D eigenvalue weighted by Gasteiger charge is -2.08. The van der Waals surface area contributed by atoms with E-state index in [0.717, 1.165) is 16.7 Å². The van der Waals surface area contributed by atoms with Gasteiger partial charge in [0, 0.05) is 14.7 Å². The SMILES string of the molecule is Cc1ccc(C#C/C(=C(\I)c2ccc(C)cc2)c2ccc(C)cc2)cc1. The number of hydrogen-bond donors (Lipinski definition) is 0. The van der Waals surface area contributed by atoms with Crippen LogP contribution in [0.3, 0.4) is 0 Å². The van der Waals surface area contributed by atoms with Crippen LogP contribution < -0.4 is 0 Å². The molecule has 0 amide bonds. The van der Waals surface area contributed by atoms with Crippen molar-refractivity contribution < 1.29 is 0 Å². The smallest absolute Gasteiger partial charge is 0.0461 e. The molecule has 0 saturated carbocycles. The highest BCUT2D eigenvalue weighted by Gasteiger charge is 2.07. The summed E-state index contributed by atoms with van der Waals surface area (Å²) in [5.41, 5.74) is 8.22. The molecule has 0 fully saturated rings. The average molecular weight is 448 g/mol. The van der Waals surface area contributed by atoms with E-state index in [9.17, 15) is 0 Å². The largest absolute Gasteiger partial charge is 0.0616 e. The van der Waals surface area contributed by atoms with Crippen LogP contribution in [-0.4, -0.2) is 0 Å². The minimum atomic E-state index is 1.04. The fraction of sp³-hybridized carbons (Fsp3) is 0.120. The molecule has 0 atom stereocenters. The minimum absolute atomic E-state index is 1.04. The normalized spacial score (nSPS) is 11.4. The average Bonchev–Trinajstić information content (AvgIpc) is 2.65. The van der Waals surface area contributed by atoms with Gasteiger partial charge in [0.1, 0.15) is 0 Å². The van der Waals surface area contributed by atoms with E-state index in [0.29, 0.717) is 0 Å². The Hall–Kier alpha value is -2.31. The van der Waals surface area contributed by atoms with Crippen LogP contribution in [0.25, 0.3) is 9.15 Å². The van der Waals surface area contributed by atoms with Crippen molar-refractivity contribution in [3.8, 4) is 11.8 Å². The zero-order valence-electron chi connectivity index (χ0n) is 15.3. The van der Waals surface area contributed by atoms with Crippen LogP contribution in [0, 0.1) is 32.6 Å². The van der Waals surface area contributed by atoms with Gasteiger partial charge in [0.15, 0.2) is 0 Å². The van der Waals surface area contributed by atoms with Gasteiger partial charge in [-0.25, -0.2) is 0 Å². The monoisotopic (exact) mass is 448 g/mol. The molecule has 3 rings (SSSR count). The Kier molecular flexibility index (Phi) is 5.96. The highest BCUT2D eigenvalue weighted by atomic mass is 127. The van der Waals surface area contributed by atoms with E-state index in [1.54, 1.807) is 0 Å². The Morgan fingerprint density at radius 3 is 1.54 bits per heavy atom. The summed E-state index contributed by atoms with van der Waals surface area (Å²) in [4.78, 5) is 0. The molecule has 0 unspecified atom stereocenters. The first kappa shape index (κ1) is 18.5. The zero-order chi connectivity index (χ0) is 18.5. The molecule has 0 aliphatic rings. The van der Waals surface area contributed by atoms with Gasteiger partial charge in [-0.15, -0.1) is 0 Å². The Bertz CT molecular complexity index is 977. The molecule has 0 aliphatic heterocycles. The molecule has 1 heteroatoms. The van der Waals surface area contributed by atoms with Gasteiger partial charge in [-0.1, -0.05) is 89.2 Å². The second-order valence-corrected chi connectivity index (χ2v) is 7.62. The maximum atomic E-state index is 3.43. The van der Waals surface area contributed by atoms with E-state index >= 15 is 0 Å². The summed E-state index contributed by atoms with van der Waals surface area (Å²) in [5.74, 6) is 6.76. The number of allylic oxidation sites excluding steroid dienone is 1. The van der Waals surface area contributed by atoms with Gasteiger partial charge in [0.25, 0.3) is 0 Å².